The lowest BCUT2D eigenvalue weighted by Gasteiger charge is -2.27. The summed E-state index contributed by atoms with van der Waals surface area (Å²) in [7, 11) is 0. The molecule has 1 unspecified atom stereocenters. The fraction of sp³-hybridized carbons (Fsp3) is 0.458. The van der Waals surface area contributed by atoms with Gasteiger partial charge < -0.3 is 19.7 Å². The zero-order valence-corrected chi connectivity index (χ0v) is 19.7. The first-order chi connectivity index (χ1) is 15.6. The number of nitrogens with one attached hydrogen (secondary N) is 1. The molecular weight excluding hydrogens is 425 g/mol. The molecule has 1 amide bonds. The third-order valence-corrected chi connectivity index (χ3v) is 5.65. The summed E-state index contributed by atoms with van der Waals surface area (Å²) < 4.78 is 28.0. The van der Waals surface area contributed by atoms with Crippen molar-refractivity contribution in [3.63, 3.8) is 0 Å². The van der Waals surface area contributed by atoms with Crippen LogP contribution >= 0.6 is 0 Å². The van der Waals surface area contributed by atoms with E-state index in [1.54, 1.807) is 45.2 Å². The van der Waals surface area contributed by atoms with E-state index in [1.807, 2.05) is 18.3 Å². The van der Waals surface area contributed by atoms with Crippen molar-refractivity contribution in [3.8, 4) is 11.3 Å². The van der Waals surface area contributed by atoms with E-state index in [1.165, 1.54) is 6.33 Å². The molecule has 0 spiro atoms. The zero-order valence-electron chi connectivity index (χ0n) is 19.7. The number of ether oxygens (including phenoxy) is 2. The van der Waals surface area contributed by atoms with Crippen molar-refractivity contribution < 1.29 is 18.7 Å². The Morgan fingerprint density at radius 2 is 2.00 bits per heavy atom. The molecule has 0 bridgehead atoms. The first-order valence-corrected chi connectivity index (χ1v) is 11.1. The quantitative estimate of drug-likeness (QED) is 0.633. The van der Waals surface area contributed by atoms with Crippen molar-refractivity contribution >= 4 is 17.3 Å². The molecule has 33 heavy (non-hydrogen) atoms. The molecule has 9 heteroatoms. The number of hydrogen-bond donors (Lipinski definition) is 1. The van der Waals surface area contributed by atoms with Crippen molar-refractivity contribution in [3.05, 3.63) is 47.7 Å². The van der Waals surface area contributed by atoms with Crippen molar-refractivity contribution in [1.29, 1.82) is 0 Å². The summed E-state index contributed by atoms with van der Waals surface area (Å²) >= 11 is 0. The van der Waals surface area contributed by atoms with Gasteiger partial charge in [0.15, 0.2) is 0 Å². The Balaban J connectivity index is 1.64. The molecule has 0 saturated carbocycles. The highest BCUT2D eigenvalue weighted by Gasteiger charge is 2.22. The van der Waals surface area contributed by atoms with Gasteiger partial charge in [-0.25, -0.2) is 18.7 Å². The lowest BCUT2D eigenvalue weighted by Crippen LogP contribution is -2.35. The van der Waals surface area contributed by atoms with Gasteiger partial charge in [-0.2, -0.15) is 5.10 Å². The predicted octanol–water partition coefficient (Wildman–Crippen LogP) is 4.27. The molecule has 1 aliphatic heterocycles. The summed E-state index contributed by atoms with van der Waals surface area (Å²) in [4.78, 5) is 18.8. The number of carbonyl (C=O) groups excluding carboxylic acids is 1. The molecule has 1 aliphatic rings. The highest BCUT2D eigenvalue weighted by molar-refractivity contribution is 5.80. The number of amides is 1. The molecule has 0 radical (unpaired) electrons. The smallest absolute Gasteiger partial charge is 0.408 e. The molecule has 8 nitrogen and oxygen atoms in total. The fourth-order valence-electron chi connectivity index (χ4n) is 4.03. The van der Waals surface area contributed by atoms with Gasteiger partial charge in [0.2, 0.25) is 0 Å². The van der Waals surface area contributed by atoms with E-state index in [4.69, 9.17) is 9.47 Å². The summed E-state index contributed by atoms with van der Waals surface area (Å²) in [6, 6.07) is 5.08. The largest absolute Gasteiger partial charge is 0.444 e. The van der Waals surface area contributed by atoms with E-state index in [-0.39, 0.29) is 5.82 Å². The van der Waals surface area contributed by atoms with Crippen molar-refractivity contribution in [2.24, 2.45) is 0 Å². The van der Waals surface area contributed by atoms with Crippen LogP contribution in [0.2, 0.25) is 0 Å². The normalized spacial score (nSPS) is 15.5. The molecule has 3 heterocycles. The van der Waals surface area contributed by atoms with Gasteiger partial charge in [0.05, 0.1) is 36.7 Å². The van der Waals surface area contributed by atoms with Crippen molar-refractivity contribution in [2.45, 2.75) is 46.3 Å². The van der Waals surface area contributed by atoms with E-state index in [2.05, 4.69) is 20.3 Å². The Morgan fingerprint density at radius 1 is 1.27 bits per heavy atom. The molecule has 1 saturated heterocycles. The lowest BCUT2D eigenvalue weighted by atomic mass is 9.97. The van der Waals surface area contributed by atoms with Crippen molar-refractivity contribution in [2.75, 3.05) is 31.2 Å². The Labute approximate surface area is 192 Å². The van der Waals surface area contributed by atoms with E-state index in [9.17, 15) is 4.79 Å². The Hall–Kier alpha value is -3.20. The number of hydrogen-bond acceptors (Lipinski definition) is 6. The van der Waals surface area contributed by atoms with Gasteiger partial charge >= 0.3 is 6.09 Å². The average molecular weight is 456 g/mol. The summed E-state index contributed by atoms with van der Waals surface area (Å²) in [6.07, 6.45) is 2.82. The minimum atomic E-state index is -0.608. The number of benzene rings is 1. The van der Waals surface area contributed by atoms with Crippen LogP contribution in [0.3, 0.4) is 0 Å². The van der Waals surface area contributed by atoms with E-state index < -0.39 is 17.7 Å². The van der Waals surface area contributed by atoms with E-state index in [0.717, 1.165) is 24.3 Å². The molecule has 4 rings (SSSR count). The average Bonchev–Trinajstić information content (AvgIpc) is 3.19. The first-order valence-electron chi connectivity index (χ1n) is 11.1. The molecule has 0 aliphatic carbocycles. The number of aromatic nitrogens is 3. The second-order valence-electron chi connectivity index (χ2n) is 9.25. The third-order valence-electron chi connectivity index (χ3n) is 5.65. The maximum Gasteiger partial charge on any atom is 0.408 e. The van der Waals surface area contributed by atoms with Gasteiger partial charge in [-0.1, -0.05) is 6.07 Å². The van der Waals surface area contributed by atoms with Gasteiger partial charge in [0.25, 0.3) is 0 Å². The van der Waals surface area contributed by atoms with Gasteiger partial charge in [-0.05, 0) is 57.9 Å². The van der Waals surface area contributed by atoms with Crippen LogP contribution in [0.5, 0.6) is 0 Å². The second kappa shape index (κ2) is 8.97. The Bertz CT molecular complexity index is 1160. The van der Waals surface area contributed by atoms with Crippen LogP contribution in [0.15, 0.2) is 30.7 Å². The predicted molar refractivity (Wildman–Crippen MR) is 124 cm³/mol. The fourth-order valence-corrected chi connectivity index (χ4v) is 4.03. The molecule has 1 aromatic carbocycles. The molecule has 1 N–H and O–H groups in total. The number of fused-ring (bicyclic) bond motifs is 1. The van der Waals surface area contributed by atoms with E-state index >= 15 is 4.39 Å². The highest BCUT2D eigenvalue weighted by atomic mass is 19.1. The van der Waals surface area contributed by atoms with Gasteiger partial charge in [0, 0.05) is 18.7 Å². The van der Waals surface area contributed by atoms with E-state index in [0.29, 0.717) is 35.6 Å². The molecule has 2 aromatic heterocycles. The van der Waals surface area contributed by atoms with Gasteiger partial charge in [-0.3, -0.25) is 0 Å². The summed E-state index contributed by atoms with van der Waals surface area (Å²) in [5.41, 5.74) is 3.16. The number of morpholine rings is 1. The maximum absolute atomic E-state index is 15.6. The molecule has 1 atom stereocenters. The summed E-state index contributed by atoms with van der Waals surface area (Å²) in [5, 5.41) is 7.08. The second-order valence-corrected chi connectivity index (χ2v) is 9.25. The summed E-state index contributed by atoms with van der Waals surface area (Å²) in [6.45, 7) is 11.8. The number of anilines is 1. The van der Waals surface area contributed by atoms with Crippen LogP contribution < -0.4 is 10.2 Å². The molecular formula is C24H30FN5O3. The molecule has 1 fully saturated rings. The van der Waals surface area contributed by atoms with Crippen molar-refractivity contribution in [1.82, 2.24) is 19.9 Å². The van der Waals surface area contributed by atoms with Crippen LogP contribution in [0.1, 0.15) is 44.9 Å². The first kappa shape index (κ1) is 23.0. The van der Waals surface area contributed by atoms with Crippen LogP contribution in [0.4, 0.5) is 14.9 Å². The summed E-state index contributed by atoms with van der Waals surface area (Å²) in [5.74, 6) is -0.375. The standard InChI is InChI=1S/C24H30FN5O3/c1-15-18(16(2)28-23(31)33-24(3,4)5)6-7-19(21(15)25)22-20-12-17(13-30(20)27-14-26-22)29-8-10-32-11-9-29/h6-7,12-14,16H,8-11H2,1-5H3,(H,28,31). The minimum absolute atomic E-state index is 0.375. The van der Waals surface area contributed by atoms with Gasteiger partial charge in [0.1, 0.15) is 23.4 Å². The Kier molecular flexibility index (Phi) is 6.25. The number of halogens is 1. The maximum atomic E-state index is 15.6. The zero-order chi connectivity index (χ0) is 23.8. The topological polar surface area (TPSA) is 81.0 Å². The highest BCUT2D eigenvalue weighted by Crippen LogP contribution is 2.32. The number of rotatable bonds is 4. The number of alkyl carbamates (subject to hydrolysis) is 1. The lowest BCUT2D eigenvalue weighted by molar-refractivity contribution is 0.0507. The Morgan fingerprint density at radius 3 is 2.70 bits per heavy atom. The molecule has 176 valence electrons. The van der Waals surface area contributed by atoms with Crippen LogP contribution in [0.25, 0.3) is 16.8 Å². The number of nitrogens with zero attached hydrogens (tertiary/aromatic N) is 4. The minimum Gasteiger partial charge on any atom is -0.444 e. The van der Waals surface area contributed by atoms with Crippen LogP contribution in [-0.2, 0) is 9.47 Å². The van der Waals surface area contributed by atoms with Crippen LogP contribution in [0, 0.1) is 12.7 Å². The SMILES string of the molecule is Cc1c(C(C)NC(=O)OC(C)(C)C)ccc(-c2ncnn3cc(N4CCOCC4)cc23)c1F. The number of carbonyl (C=O) groups is 1. The third kappa shape index (κ3) is 4.93. The van der Waals surface area contributed by atoms with Crippen LogP contribution in [-0.4, -0.2) is 52.6 Å². The van der Waals surface area contributed by atoms with Gasteiger partial charge in [-0.15, -0.1) is 0 Å². The monoisotopic (exact) mass is 455 g/mol. The molecule has 3 aromatic rings.